The first-order valence-corrected chi connectivity index (χ1v) is 7.83. The van der Waals surface area contributed by atoms with E-state index in [9.17, 15) is 4.79 Å². The van der Waals surface area contributed by atoms with E-state index in [2.05, 4.69) is 21.2 Å². The molecule has 0 fully saturated rings. The van der Waals surface area contributed by atoms with Crippen molar-refractivity contribution in [1.82, 2.24) is 10.2 Å². The third kappa shape index (κ3) is 3.27. The predicted molar refractivity (Wildman–Crippen MR) is 89.7 cm³/mol. The van der Waals surface area contributed by atoms with E-state index < -0.39 is 0 Å². The molecule has 4 nitrogen and oxygen atoms in total. The molecule has 0 saturated carbocycles. The molecule has 0 aliphatic carbocycles. The lowest BCUT2D eigenvalue weighted by Gasteiger charge is -2.35. The number of thiocarbonyl (C=S) groups is 1. The summed E-state index contributed by atoms with van der Waals surface area (Å²) < 4.78 is 6.18. The molecule has 1 aliphatic rings. The van der Waals surface area contributed by atoms with Crippen molar-refractivity contribution in [3.63, 3.8) is 0 Å². The number of carbonyl (C=O) groups is 1. The second-order valence-electron chi connectivity index (χ2n) is 4.71. The minimum atomic E-state index is -0.315. The van der Waals surface area contributed by atoms with Crippen LogP contribution < -0.4 is 5.32 Å². The fraction of sp³-hybridized carbons (Fsp3) is 0.333. The number of carbonyl (C=O) groups excluding carboxylic acids is 1. The molecule has 0 saturated heterocycles. The largest absolute Gasteiger partial charge is 0.463 e. The van der Waals surface area contributed by atoms with Gasteiger partial charge >= 0.3 is 5.97 Å². The maximum absolute atomic E-state index is 12.3. The number of halogens is 1. The first kappa shape index (κ1) is 16.0. The number of nitrogens with zero attached hydrogens (tertiary/aromatic N) is 1. The van der Waals surface area contributed by atoms with Gasteiger partial charge in [-0.1, -0.05) is 28.1 Å². The normalized spacial score (nSPS) is 18.6. The summed E-state index contributed by atoms with van der Waals surface area (Å²) >= 11 is 8.75. The van der Waals surface area contributed by atoms with Gasteiger partial charge in [-0.3, -0.25) is 0 Å². The van der Waals surface area contributed by atoms with Crippen molar-refractivity contribution < 1.29 is 9.53 Å². The van der Waals surface area contributed by atoms with Crippen LogP contribution >= 0.6 is 28.1 Å². The Morgan fingerprint density at radius 3 is 2.62 bits per heavy atom. The number of hydrogen-bond acceptors (Lipinski definition) is 3. The Morgan fingerprint density at radius 1 is 1.43 bits per heavy atom. The molecule has 1 aliphatic heterocycles. The van der Waals surface area contributed by atoms with Crippen molar-refractivity contribution in [2.24, 2.45) is 0 Å². The van der Waals surface area contributed by atoms with Crippen LogP contribution in [0.1, 0.15) is 25.5 Å². The number of hydrogen-bond donors (Lipinski definition) is 1. The fourth-order valence-corrected chi connectivity index (χ4v) is 2.73. The van der Waals surface area contributed by atoms with Gasteiger partial charge in [0.2, 0.25) is 0 Å². The first-order valence-electron chi connectivity index (χ1n) is 6.63. The summed E-state index contributed by atoms with van der Waals surface area (Å²) in [6.07, 6.45) is 0. The van der Waals surface area contributed by atoms with Crippen LogP contribution in [-0.4, -0.2) is 29.6 Å². The highest BCUT2D eigenvalue weighted by Gasteiger charge is 2.33. The number of ether oxygens (including phenoxy) is 1. The van der Waals surface area contributed by atoms with E-state index in [1.807, 2.05) is 38.2 Å². The molecular formula is C15H17BrN2O2S. The zero-order valence-electron chi connectivity index (χ0n) is 12.1. The topological polar surface area (TPSA) is 41.6 Å². The second kappa shape index (κ2) is 6.58. The van der Waals surface area contributed by atoms with Gasteiger partial charge in [-0.25, -0.2) is 4.79 Å². The highest BCUT2D eigenvalue weighted by Crippen LogP contribution is 2.31. The van der Waals surface area contributed by atoms with Gasteiger partial charge in [0.25, 0.3) is 0 Å². The van der Waals surface area contributed by atoms with Crippen molar-refractivity contribution in [2.75, 3.05) is 13.7 Å². The number of nitrogens with one attached hydrogen (secondary N) is 1. The van der Waals surface area contributed by atoms with Crippen molar-refractivity contribution in [1.29, 1.82) is 0 Å². The third-order valence-electron chi connectivity index (χ3n) is 3.45. The highest BCUT2D eigenvalue weighted by atomic mass is 79.9. The molecule has 1 N–H and O–H groups in total. The Labute approximate surface area is 138 Å². The molecule has 2 rings (SSSR count). The average Bonchev–Trinajstić information content (AvgIpc) is 2.45. The number of esters is 1. The number of benzene rings is 1. The van der Waals surface area contributed by atoms with Crippen LogP contribution in [0.15, 0.2) is 40.0 Å². The molecule has 1 unspecified atom stereocenters. The highest BCUT2D eigenvalue weighted by molar-refractivity contribution is 9.10. The lowest BCUT2D eigenvalue weighted by molar-refractivity contribution is -0.139. The van der Waals surface area contributed by atoms with E-state index in [0.717, 1.165) is 15.7 Å². The van der Waals surface area contributed by atoms with E-state index in [1.54, 1.807) is 11.8 Å². The van der Waals surface area contributed by atoms with Crippen LogP contribution in [0, 0.1) is 0 Å². The Bertz CT molecular complexity index is 598. The fourth-order valence-electron chi connectivity index (χ4n) is 2.21. The summed E-state index contributed by atoms with van der Waals surface area (Å²) in [4.78, 5) is 14.1. The minimum Gasteiger partial charge on any atom is -0.463 e. The Balaban J connectivity index is 2.48. The van der Waals surface area contributed by atoms with Crippen LogP contribution in [0.5, 0.6) is 0 Å². The Hall–Kier alpha value is -1.40. The lowest BCUT2D eigenvalue weighted by atomic mass is 9.95. The molecule has 21 heavy (non-hydrogen) atoms. The summed E-state index contributed by atoms with van der Waals surface area (Å²) in [5.41, 5.74) is 2.37. The molecule has 1 aromatic carbocycles. The Kier molecular flexibility index (Phi) is 5.00. The molecule has 0 radical (unpaired) electrons. The summed E-state index contributed by atoms with van der Waals surface area (Å²) in [7, 11) is 1.84. The first-order chi connectivity index (χ1) is 9.95. The third-order valence-corrected chi connectivity index (χ3v) is 4.37. The van der Waals surface area contributed by atoms with Crippen molar-refractivity contribution in [3.8, 4) is 0 Å². The van der Waals surface area contributed by atoms with Gasteiger partial charge in [-0.15, -0.1) is 0 Å². The molecule has 1 heterocycles. The SMILES string of the molecule is CCOC(=O)C1=C(C)N(C)C(=S)NC1c1ccc(Br)cc1. The summed E-state index contributed by atoms with van der Waals surface area (Å²) in [5, 5.41) is 3.80. The Morgan fingerprint density at radius 2 is 2.05 bits per heavy atom. The van der Waals surface area contributed by atoms with Gasteiger partial charge in [0.05, 0.1) is 18.2 Å². The number of allylic oxidation sites excluding steroid dienone is 1. The van der Waals surface area contributed by atoms with Crippen LogP contribution in [0.2, 0.25) is 0 Å². The maximum atomic E-state index is 12.3. The van der Waals surface area contributed by atoms with Crippen LogP contribution in [0.25, 0.3) is 0 Å². The smallest absolute Gasteiger partial charge is 0.338 e. The van der Waals surface area contributed by atoms with Crippen LogP contribution in [0.3, 0.4) is 0 Å². The zero-order valence-corrected chi connectivity index (χ0v) is 14.5. The molecule has 0 amide bonds. The monoisotopic (exact) mass is 368 g/mol. The zero-order chi connectivity index (χ0) is 15.6. The van der Waals surface area contributed by atoms with Gasteiger partial charge in [-0.05, 0) is 43.8 Å². The summed E-state index contributed by atoms with van der Waals surface area (Å²) in [5.74, 6) is -0.315. The predicted octanol–water partition coefficient (Wildman–Crippen LogP) is 3.15. The maximum Gasteiger partial charge on any atom is 0.338 e. The molecule has 0 aromatic heterocycles. The van der Waals surface area contributed by atoms with Crippen LogP contribution in [-0.2, 0) is 9.53 Å². The van der Waals surface area contributed by atoms with E-state index in [4.69, 9.17) is 17.0 Å². The molecule has 1 atom stereocenters. The molecule has 6 heteroatoms. The molecule has 0 bridgehead atoms. The second-order valence-corrected chi connectivity index (χ2v) is 6.02. The summed E-state index contributed by atoms with van der Waals surface area (Å²) in [6.45, 7) is 4.02. The van der Waals surface area contributed by atoms with Gasteiger partial charge in [0.15, 0.2) is 5.11 Å². The standard InChI is InChI=1S/C15H17BrN2O2S/c1-4-20-14(19)12-9(2)18(3)15(21)17-13(12)10-5-7-11(16)8-6-10/h5-8,13H,4H2,1-3H3,(H,17,21). The van der Waals surface area contributed by atoms with E-state index >= 15 is 0 Å². The van der Waals surface area contributed by atoms with Gasteiger partial charge in [0, 0.05) is 17.2 Å². The molecule has 112 valence electrons. The van der Waals surface area contributed by atoms with Crippen molar-refractivity contribution in [2.45, 2.75) is 19.9 Å². The molecule has 1 aromatic rings. The lowest BCUT2D eigenvalue weighted by Crippen LogP contribution is -2.46. The minimum absolute atomic E-state index is 0.291. The number of rotatable bonds is 3. The van der Waals surface area contributed by atoms with E-state index in [0.29, 0.717) is 17.3 Å². The molecular weight excluding hydrogens is 352 g/mol. The quantitative estimate of drug-likeness (QED) is 0.655. The van der Waals surface area contributed by atoms with Crippen LogP contribution in [0.4, 0.5) is 0 Å². The van der Waals surface area contributed by atoms with Gasteiger partial charge in [-0.2, -0.15) is 0 Å². The molecule has 0 spiro atoms. The van der Waals surface area contributed by atoms with Gasteiger partial charge in [0.1, 0.15) is 0 Å². The van der Waals surface area contributed by atoms with Crippen molar-refractivity contribution >= 4 is 39.2 Å². The van der Waals surface area contributed by atoms with E-state index in [-0.39, 0.29) is 12.0 Å². The van der Waals surface area contributed by atoms with Gasteiger partial charge < -0.3 is 15.0 Å². The van der Waals surface area contributed by atoms with E-state index in [1.165, 1.54) is 0 Å². The van der Waals surface area contributed by atoms with Crippen molar-refractivity contribution in [3.05, 3.63) is 45.6 Å². The average molecular weight is 369 g/mol. The summed E-state index contributed by atoms with van der Waals surface area (Å²) in [6, 6.07) is 7.51.